The average Bonchev–Trinajstić information content (AvgIpc) is 3.75. The van der Waals surface area contributed by atoms with Crippen molar-refractivity contribution in [1.29, 1.82) is 0 Å². The molecule has 1 unspecified atom stereocenters. The lowest BCUT2D eigenvalue weighted by Crippen LogP contribution is -2.50. The number of carbonyl (C=O) groups excluding carboxylic acids is 3. The van der Waals surface area contributed by atoms with Gasteiger partial charge in [0.05, 0.1) is 30.4 Å². The Morgan fingerprint density at radius 1 is 1.15 bits per heavy atom. The molecule has 11 nitrogen and oxygen atoms in total. The number of rotatable bonds is 11. The maximum absolute atomic E-state index is 13.4. The van der Waals surface area contributed by atoms with Crippen LogP contribution in [0.15, 0.2) is 4.52 Å². The Morgan fingerprint density at radius 2 is 1.82 bits per heavy atom. The van der Waals surface area contributed by atoms with E-state index in [9.17, 15) is 22.8 Å². The van der Waals surface area contributed by atoms with Gasteiger partial charge in [0.25, 0.3) is 5.89 Å². The third-order valence-corrected chi connectivity index (χ3v) is 8.41. The molecule has 2 saturated carbocycles. The smallest absolute Gasteiger partial charge is 0.296 e. The highest BCUT2D eigenvalue weighted by Crippen LogP contribution is 2.41. The van der Waals surface area contributed by atoms with Crippen LogP contribution in [-0.2, 0) is 24.2 Å². The lowest BCUT2D eigenvalue weighted by Gasteiger charge is -2.31. The second-order valence-corrected chi connectivity index (χ2v) is 11.7. The molecule has 3 fully saturated rings. The van der Waals surface area contributed by atoms with Gasteiger partial charge >= 0.3 is 0 Å². The van der Waals surface area contributed by atoms with Gasteiger partial charge < -0.3 is 19.5 Å². The number of morpholine rings is 1. The first-order valence-electron chi connectivity index (χ1n) is 11.9. The van der Waals surface area contributed by atoms with Crippen molar-refractivity contribution in [2.45, 2.75) is 62.7 Å². The molecule has 1 saturated heterocycles. The van der Waals surface area contributed by atoms with E-state index in [1.54, 1.807) is 11.8 Å². The summed E-state index contributed by atoms with van der Waals surface area (Å²) < 4.78 is 35.7. The van der Waals surface area contributed by atoms with Gasteiger partial charge in [-0.1, -0.05) is 12.1 Å². The Bertz CT molecular complexity index is 1030. The topological polar surface area (TPSA) is 149 Å². The summed E-state index contributed by atoms with van der Waals surface area (Å²) in [6, 6.07) is -0.958. The van der Waals surface area contributed by atoms with E-state index in [1.165, 1.54) is 0 Å². The quantitative estimate of drug-likeness (QED) is 0.437. The predicted molar refractivity (Wildman–Crippen MR) is 120 cm³/mol. The number of hydrogen-bond donors (Lipinski definition) is 1. The molecule has 0 bridgehead atoms. The molecule has 1 aliphatic heterocycles. The van der Waals surface area contributed by atoms with Crippen LogP contribution in [0.2, 0.25) is 0 Å². The Kier molecular flexibility index (Phi) is 7.36. The number of ether oxygens (including phenoxy) is 1. The van der Waals surface area contributed by atoms with E-state index < -0.39 is 38.7 Å². The number of sulfone groups is 1. The minimum absolute atomic E-state index is 0.170. The first-order chi connectivity index (χ1) is 16.2. The van der Waals surface area contributed by atoms with Crippen molar-refractivity contribution in [3.8, 4) is 0 Å². The van der Waals surface area contributed by atoms with E-state index in [2.05, 4.69) is 15.5 Å². The number of ketones is 1. The van der Waals surface area contributed by atoms with Gasteiger partial charge in [-0.05, 0) is 38.0 Å². The molecule has 2 aliphatic carbocycles. The monoisotopic (exact) mass is 496 g/mol. The van der Waals surface area contributed by atoms with Crippen LogP contribution in [-0.4, -0.2) is 84.9 Å². The normalized spacial score (nSPS) is 21.5. The molecular weight excluding hydrogens is 464 g/mol. The van der Waals surface area contributed by atoms with Crippen LogP contribution in [0.5, 0.6) is 0 Å². The molecule has 1 N–H and O–H groups in total. The van der Waals surface area contributed by atoms with Crippen LogP contribution in [0.1, 0.15) is 67.9 Å². The molecule has 34 heavy (non-hydrogen) atoms. The highest BCUT2D eigenvalue weighted by Gasteiger charge is 2.47. The van der Waals surface area contributed by atoms with Crippen LogP contribution in [0.3, 0.4) is 0 Å². The van der Waals surface area contributed by atoms with Crippen LogP contribution in [0, 0.1) is 11.8 Å². The van der Waals surface area contributed by atoms with Gasteiger partial charge in [0.15, 0.2) is 15.7 Å². The molecule has 4 rings (SSSR count). The number of nitrogens with one attached hydrogen (secondary N) is 1. The number of amides is 2. The molecule has 3 aliphatic rings. The van der Waals surface area contributed by atoms with Gasteiger partial charge in [0, 0.05) is 31.7 Å². The predicted octanol–water partition coefficient (Wildman–Crippen LogP) is 0.713. The van der Waals surface area contributed by atoms with Crippen LogP contribution >= 0.6 is 0 Å². The zero-order chi connectivity index (χ0) is 24.5. The third-order valence-electron chi connectivity index (χ3n) is 6.71. The summed E-state index contributed by atoms with van der Waals surface area (Å²) in [6.45, 7) is 3.33. The number of nitrogens with zero attached hydrogens (tertiary/aromatic N) is 3. The Labute approximate surface area is 198 Å². The van der Waals surface area contributed by atoms with Crippen LogP contribution < -0.4 is 5.32 Å². The fraction of sp³-hybridized carbons (Fsp3) is 0.773. The first-order valence-corrected chi connectivity index (χ1v) is 13.9. The van der Waals surface area contributed by atoms with Crippen LogP contribution in [0.25, 0.3) is 0 Å². The Balaban J connectivity index is 1.51. The van der Waals surface area contributed by atoms with Crippen molar-refractivity contribution in [1.82, 2.24) is 20.4 Å². The molecule has 2 heterocycles. The molecule has 1 aromatic heterocycles. The summed E-state index contributed by atoms with van der Waals surface area (Å²) in [6.07, 6.45) is 4.41. The summed E-state index contributed by atoms with van der Waals surface area (Å²) in [5, 5.41) is 5.56. The molecule has 0 spiro atoms. The third kappa shape index (κ3) is 5.83. The molecular formula is C22H32N4O7S. The second-order valence-electron chi connectivity index (χ2n) is 9.50. The lowest BCUT2D eigenvalue weighted by atomic mass is 9.94. The number of hydrogen-bond acceptors (Lipinski definition) is 9. The van der Waals surface area contributed by atoms with Crippen molar-refractivity contribution in [3.05, 3.63) is 11.7 Å². The highest BCUT2D eigenvalue weighted by atomic mass is 32.2. The van der Waals surface area contributed by atoms with E-state index in [1.807, 2.05) is 0 Å². The van der Waals surface area contributed by atoms with Gasteiger partial charge in [-0.3, -0.25) is 14.4 Å². The first kappa shape index (κ1) is 24.8. The zero-order valence-corrected chi connectivity index (χ0v) is 20.4. The minimum atomic E-state index is -3.62. The molecule has 2 amide bonds. The van der Waals surface area contributed by atoms with E-state index >= 15 is 0 Å². The Morgan fingerprint density at radius 3 is 2.38 bits per heavy atom. The van der Waals surface area contributed by atoms with E-state index in [0.29, 0.717) is 45.0 Å². The van der Waals surface area contributed by atoms with Gasteiger partial charge in [0.2, 0.25) is 17.6 Å². The van der Waals surface area contributed by atoms with Gasteiger partial charge in [0.1, 0.15) is 0 Å². The molecule has 1 aromatic rings. The zero-order valence-electron chi connectivity index (χ0n) is 19.6. The van der Waals surface area contributed by atoms with Crippen molar-refractivity contribution in [2.75, 3.05) is 32.6 Å². The molecule has 0 aromatic carbocycles. The Hall–Kier alpha value is -2.34. The summed E-state index contributed by atoms with van der Waals surface area (Å²) in [5.41, 5.74) is 0. The van der Waals surface area contributed by atoms with Crippen molar-refractivity contribution >= 4 is 27.4 Å². The van der Waals surface area contributed by atoms with E-state index in [-0.39, 0.29) is 36.5 Å². The molecule has 12 heteroatoms. The second kappa shape index (κ2) is 10.1. The summed E-state index contributed by atoms with van der Waals surface area (Å²) >= 11 is 0. The van der Waals surface area contributed by atoms with E-state index in [4.69, 9.17) is 9.26 Å². The maximum Gasteiger partial charge on any atom is 0.296 e. The summed E-state index contributed by atoms with van der Waals surface area (Å²) in [5.74, 6) is -2.16. The molecule has 0 radical (unpaired) electrons. The number of aromatic nitrogens is 2. The average molecular weight is 497 g/mol. The maximum atomic E-state index is 13.4. The highest BCUT2D eigenvalue weighted by molar-refractivity contribution is 7.91. The molecule has 3 atom stereocenters. The fourth-order valence-electron chi connectivity index (χ4n) is 4.51. The van der Waals surface area contributed by atoms with Gasteiger partial charge in [-0.15, -0.1) is 0 Å². The van der Waals surface area contributed by atoms with Gasteiger partial charge in [-0.2, -0.15) is 4.98 Å². The van der Waals surface area contributed by atoms with Crippen molar-refractivity contribution in [3.63, 3.8) is 0 Å². The van der Waals surface area contributed by atoms with Crippen molar-refractivity contribution < 1.29 is 32.1 Å². The van der Waals surface area contributed by atoms with Crippen molar-refractivity contribution in [2.24, 2.45) is 11.8 Å². The summed E-state index contributed by atoms with van der Waals surface area (Å²) in [4.78, 5) is 45.1. The van der Waals surface area contributed by atoms with Gasteiger partial charge in [-0.25, -0.2) is 8.42 Å². The number of Topliss-reactive ketones (excluding diaryl/α,β-unsaturated/α-hetero) is 1. The van der Waals surface area contributed by atoms with E-state index in [0.717, 1.165) is 19.1 Å². The molecule has 188 valence electrons. The fourth-order valence-corrected chi connectivity index (χ4v) is 6.30. The number of carbonyl (C=O) groups is 3. The lowest BCUT2D eigenvalue weighted by molar-refractivity contribution is -0.139. The SMILES string of the molecule is CC[C@H](NC(=O)C(CC(=O)N1CCOCC1)[C@@H](C1CC1)S(C)(=O)=O)C(=O)c1nc(C2CC2)no1. The summed E-state index contributed by atoms with van der Waals surface area (Å²) in [7, 11) is -3.62. The minimum Gasteiger partial charge on any atom is -0.378 e. The van der Waals surface area contributed by atoms with Crippen LogP contribution in [0.4, 0.5) is 0 Å². The largest absolute Gasteiger partial charge is 0.378 e. The standard InChI is InChI=1S/C22H32N4O7S/c1-3-16(18(28)22-24-20(25-33-22)14-6-7-14)23-21(29)15(19(13-4-5-13)34(2,30)31)12-17(27)26-8-10-32-11-9-26/h13-16,19H,3-12H2,1-2H3,(H,23,29)/t15?,16-,19+/m0/s1.